The number of halogens is 1. The number of aromatic amines is 1. The van der Waals surface area contributed by atoms with Gasteiger partial charge in [0, 0.05) is 10.9 Å². The summed E-state index contributed by atoms with van der Waals surface area (Å²) in [6.45, 7) is 0. The van der Waals surface area contributed by atoms with Gasteiger partial charge in [-0.1, -0.05) is 36.4 Å². The Hall–Kier alpha value is -4.51. The largest absolute Gasteiger partial charge is 0.503 e. The van der Waals surface area contributed by atoms with E-state index in [4.69, 9.17) is 4.74 Å². The van der Waals surface area contributed by atoms with Crippen molar-refractivity contribution in [1.82, 2.24) is 20.9 Å². The highest BCUT2D eigenvalue weighted by molar-refractivity contribution is 9.10. The Morgan fingerprint density at radius 2 is 1.81 bits per heavy atom. The molecule has 4 N–H and O–H groups in total. The fourth-order valence-electron chi connectivity index (χ4n) is 3.48. The maximum atomic E-state index is 13.2. The number of aromatic hydroxyl groups is 1. The number of hydrogen-bond donors (Lipinski definition) is 4. The van der Waals surface area contributed by atoms with Gasteiger partial charge >= 0.3 is 0 Å². The molecule has 36 heavy (non-hydrogen) atoms. The topological polar surface area (TPSA) is 146 Å². The number of fused-ring (bicyclic) bond motifs is 1. The standard InChI is InChI=1S/C25H20BrN5O5/c1-36-19-12-14(11-18(26)22(19)32)13-27-30-25(35)21(28-23(33)15-7-3-2-4-8-15)20-16-9-5-6-10-17(16)24(34)31-29-20/h2-13,21,32H,1H3,(H,28,33)(H,30,35)(H,31,34)/b27-13+. The van der Waals surface area contributed by atoms with Gasteiger partial charge in [-0.3, -0.25) is 14.4 Å². The lowest BCUT2D eigenvalue weighted by molar-refractivity contribution is -0.123. The molecule has 10 nitrogen and oxygen atoms in total. The second-order valence-electron chi connectivity index (χ2n) is 7.54. The van der Waals surface area contributed by atoms with Crippen molar-refractivity contribution in [2.24, 2.45) is 5.10 Å². The van der Waals surface area contributed by atoms with Crippen molar-refractivity contribution in [3.05, 3.63) is 98.4 Å². The third-order valence-electron chi connectivity index (χ3n) is 5.23. The number of nitrogens with zero attached hydrogens (tertiary/aromatic N) is 2. The van der Waals surface area contributed by atoms with Crippen LogP contribution in [0.5, 0.6) is 11.5 Å². The second kappa shape index (κ2) is 10.8. The first-order valence-electron chi connectivity index (χ1n) is 10.6. The average molecular weight is 550 g/mol. The van der Waals surface area contributed by atoms with Crippen LogP contribution in [0, 0.1) is 0 Å². The number of phenols is 1. The van der Waals surface area contributed by atoms with Crippen LogP contribution in [0.1, 0.15) is 27.7 Å². The van der Waals surface area contributed by atoms with Gasteiger partial charge in [0.1, 0.15) is 5.69 Å². The number of methoxy groups -OCH3 is 1. The summed E-state index contributed by atoms with van der Waals surface area (Å²) in [4.78, 5) is 38.4. The summed E-state index contributed by atoms with van der Waals surface area (Å²) in [5.41, 5.74) is 2.99. The predicted molar refractivity (Wildman–Crippen MR) is 137 cm³/mol. The summed E-state index contributed by atoms with van der Waals surface area (Å²) in [6, 6.07) is 16.9. The molecule has 2 amide bonds. The van der Waals surface area contributed by atoms with E-state index in [1.807, 2.05) is 0 Å². The normalized spacial score (nSPS) is 11.8. The number of H-pyrrole nitrogens is 1. The van der Waals surface area contributed by atoms with E-state index in [1.54, 1.807) is 60.7 Å². The molecule has 0 aliphatic heterocycles. The van der Waals surface area contributed by atoms with Crippen LogP contribution in [0.2, 0.25) is 0 Å². The fraction of sp³-hybridized carbons (Fsp3) is 0.0800. The Kier molecular flexibility index (Phi) is 7.40. The van der Waals surface area contributed by atoms with Crippen molar-refractivity contribution < 1.29 is 19.4 Å². The molecular weight excluding hydrogens is 530 g/mol. The molecule has 4 rings (SSSR count). The number of rotatable bonds is 7. The lowest BCUT2D eigenvalue weighted by Gasteiger charge is -2.18. The highest BCUT2D eigenvalue weighted by atomic mass is 79.9. The van der Waals surface area contributed by atoms with Gasteiger partial charge in [-0.05, 0) is 51.8 Å². The molecule has 0 bridgehead atoms. The van der Waals surface area contributed by atoms with Gasteiger partial charge in [0.15, 0.2) is 17.5 Å². The zero-order valence-electron chi connectivity index (χ0n) is 18.9. The molecule has 182 valence electrons. The van der Waals surface area contributed by atoms with E-state index >= 15 is 0 Å². The quantitative estimate of drug-likeness (QED) is 0.206. The number of aromatic nitrogens is 2. The number of carbonyl (C=O) groups excluding carboxylic acids is 2. The van der Waals surface area contributed by atoms with Crippen molar-refractivity contribution in [1.29, 1.82) is 0 Å². The maximum Gasteiger partial charge on any atom is 0.272 e. The fourth-order valence-corrected chi connectivity index (χ4v) is 3.94. The minimum atomic E-state index is -1.28. The molecule has 4 aromatic rings. The van der Waals surface area contributed by atoms with Crippen LogP contribution in [0.25, 0.3) is 10.8 Å². The van der Waals surface area contributed by atoms with Gasteiger partial charge in [0.25, 0.3) is 17.4 Å². The monoisotopic (exact) mass is 549 g/mol. The first-order chi connectivity index (χ1) is 17.4. The lowest BCUT2D eigenvalue weighted by atomic mass is 10.0. The van der Waals surface area contributed by atoms with Gasteiger partial charge in [-0.25, -0.2) is 10.5 Å². The van der Waals surface area contributed by atoms with E-state index in [-0.39, 0.29) is 17.2 Å². The summed E-state index contributed by atoms with van der Waals surface area (Å²) in [7, 11) is 1.41. The van der Waals surface area contributed by atoms with Crippen molar-refractivity contribution in [3.63, 3.8) is 0 Å². The first kappa shape index (κ1) is 24.6. The molecule has 0 spiro atoms. The summed E-state index contributed by atoms with van der Waals surface area (Å²) in [6.07, 6.45) is 1.35. The van der Waals surface area contributed by atoms with E-state index in [2.05, 4.69) is 42.0 Å². The zero-order chi connectivity index (χ0) is 25.7. The number of phenolic OH excluding ortho intramolecular Hbond substituents is 1. The molecule has 0 fully saturated rings. The van der Waals surface area contributed by atoms with Crippen molar-refractivity contribution >= 4 is 44.7 Å². The molecule has 1 aromatic heterocycles. The minimum absolute atomic E-state index is 0.0709. The summed E-state index contributed by atoms with van der Waals surface area (Å²) in [5.74, 6) is -1.05. The van der Waals surface area contributed by atoms with Crippen LogP contribution in [0.3, 0.4) is 0 Å². The predicted octanol–water partition coefficient (Wildman–Crippen LogP) is 3.02. The number of amides is 2. The number of hydrazone groups is 1. The van der Waals surface area contributed by atoms with Crippen molar-refractivity contribution in [3.8, 4) is 11.5 Å². The molecular formula is C25H20BrN5O5. The van der Waals surface area contributed by atoms with Crippen LogP contribution in [0.15, 0.2) is 81.1 Å². The minimum Gasteiger partial charge on any atom is -0.503 e. The van der Waals surface area contributed by atoms with E-state index in [0.29, 0.717) is 26.4 Å². The number of carbonyl (C=O) groups is 2. The van der Waals surface area contributed by atoms with Gasteiger partial charge in [0.05, 0.1) is 23.2 Å². The summed E-state index contributed by atoms with van der Waals surface area (Å²) < 4.78 is 5.49. The van der Waals surface area contributed by atoms with Crippen molar-refractivity contribution in [2.45, 2.75) is 6.04 Å². The molecule has 0 saturated carbocycles. The van der Waals surface area contributed by atoms with Crippen molar-refractivity contribution in [2.75, 3.05) is 7.11 Å². The van der Waals surface area contributed by atoms with Crippen LogP contribution < -0.4 is 21.0 Å². The molecule has 1 unspecified atom stereocenters. The molecule has 1 heterocycles. The number of benzene rings is 3. The third kappa shape index (κ3) is 5.26. The molecule has 3 aromatic carbocycles. The highest BCUT2D eigenvalue weighted by Crippen LogP contribution is 2.34. The Morgan fingerprint density at radius 1 is 1.11 bits per heavy atom. The van der Waals surface area contributed by atoms with E-state index in [0.717, 1.165) is 0 Å². The van der Waals surface area contributed by atoms with Gasteiger partial charge in [-0.15, -0.1) is 0 Å². The van der Waals surface area contributed by atoms with Crippen LogP contribution in [-0.4, -0.2) is 40.4 Å². The Morgan fingerprint density at radius 3 is 2.53 bits per heavy atom. The average Bonchev–Trinajstić information content (AvgIpc) is 2.90. The van der Waals surface area contributed by atoms with Gasteiger partial charge < -0.3 is 15.2 Å². The third-order valence-corrected chi connectivity index (χ3v) is 5.84. The highest BCUT2D eigenvalue weighted by Gasteiger charge is 2.27. The second-order valence-corrected chi connectivity index (χ2v) is 8.40. The molecule has 0 aliphatic carbocycles. The smallest absolute Gasteiger partial charge is 0.272 e. The molecule has 0 aliphatic rings. The van der Waals surface area contributed by atoms with Crippen LogP contribution >= 0.6 is 15.9 Å². The molecule has 11 heteroatoms. The maximum absolute atomic E-state index is 13.2. The lowest BCUT2D eigenvalue weighted by Crippen LogP contribution is -2.40. The summed E-state index contributed by atoms with van der Waals surface area (Å²) in [5, 5.41) is 23.8. The Labute approximate surface area is 213 Å². The van der Waals surface area contributed by atoms with Crippen LogP contribution in [-0.2, 0) is 4.79 Å². The Balaban J connectivity index is 1.66. The van der Waals surface area contributed by atoms with E-state index in [1.165, 1.54) is 19.4 Å². The Bertz CT molecular complexity index is 1520. The number of nitrogens with one attached hydrogen (secondary N) is 3. The van der Waals surface area contributed by atoms with E-state index in [9.17, 15) is 19.5 Å². The molecule has 1 atom stereocenters. The number of ether oxygens (including phenoxy) is 1. The number of hydrogen-bond acceptors (Lipinski definition) is 7. The SMILES string of the molecule is COc1cc(/C=N/NC(=O)C(NC(=O)c2ccccc2)c2n[nH]c(=O)c3ccccc23)cc(Br)c1O. The van der Waals surface area contributed by atoms with Crippen LogP contribution in [0.4, 0.5) is 0 Å². The molecule has 0 saturated heterocycles. The summed E-state index contributed by atoms with van der Waals surface area (Å²) >= 11 is 3.23. The van der Waals surface area contributed by atoms with Gasteiger partial charge in [0.2, 0.25) is 0 Å². The van der Waals surface area contributed by atoms with Gasteiger partial charge in [-0.2, -0.15) is 10.2 Å². The van der Waals surface area contributed by atoms with E-state index < -0.39 is 23.4 Å². The first-order valence-corrected chi connectivity index (χ1v) is 11.4. The molecule has 0 radical (unpaired) electrons. The zero-order valence-corrected chi connectivity index (χ0v) is 20.4.